The summed E-state index contributed by atoms with van der Waals surface area (Å²) in [5.41, 5.74) is -0.439. The van der Waals surface area contributed by atoms with E-state index in [1.54, 1.807) is 6.92 Å². The summed E-state index contributed by atoms with van der Waals surface area (Å²) in [4.78, 5) is 35.1. The van der Waals surface area contributed by atoms with Gasteiger partial charge in [0.1, 0.15) is 12.4 Å². The summed E-state index contributed by atoms with van der Waals surface area (Å²) in [6.07, 6.45) is 0. The fraction of sp³-hybridized carbons (Fsp3) is 0.308. The number of anilines is 1. The fourth-order valence-corrected chi connectivity index (χ4v) is 1.52. The van der Waals surface area contributed by atoms with Crippen LogP contribution >= 0.6 is 0 Å². The second-order valence-electron chi connectivity index (χ2n) is 4.02. The van der Waals surface area contributed by atoms with E-state index in [1.807, 2.05) is 0 Å². The quantitative estimate of drug-likeness (QED) is 0.804. The van der Waals surface area contributed by atoms with Crippen LogP contribution in [0.15, 0.2) is 18.2 Å². The second kappa shape index (κ2) is 7.22. The monoisotopic (exact) mass is 298 g/mol. The van der Waals surface area contributed by atoms with E-state index in [-0.39, 0.29) is 18.8 Å². The van der Waals surface area contributed by atoms with E-state index in [2.05, 4.69) is 10.1 Å². The molecule has 21 heavy (non-hydrogen) atoms. The highest BCUT2D eigenvalue weighted by Gasteiger charge is 2.17. The summed E-state index contributed by atoms with van der Waals surface area (Å²) in [6, 6.07) is 2.55. The molecule has 0 saturated carbocycles. The van der Waals surface area contributed by atoms with E-state index in [9.17, 15) is 18.8 Å². The van der Waals surface area contributed by atoms with E-state index in [4.69, 9.17) is 5.11 Å². The maximum atomic E-state index is 13.2. The number of benzene rings is 1. The zero-order valence-electron chi connectivity index (χ0n) is 11.6. The summed E-state index contributed by atoms with van der Waals surface area (Å²) in [5.74, 6) is -2.93. The summed E-state index contributed by atoms with van der Waals surface area (Å²) in [5, 5.41) is 11.2. The van der Waals surface area contributed by atoms with Gasteiger partial charge in [-0.05, 0) is 25.1 Å². The van der Waals surface area contributed by atoms with E-state index in [0.29, 0.717) is 0 Å². The molecule has 1 rings (SSSR count). The number of urea groups is 1. The van der Waals surface area contributed by atoms with Gasteiger partial charge in [0.2, 0.25) is 0 Å². The number of methoxy groups -OCH3 is 1. The highest BCUT2D eigenvalue weighted by molar-refractivity contribution is 5.94. The van der Waals surface area contributed by atoms with E-state index < -0.39 is 29.4 Å². The first kappa shape index (κ1) is 16.4. The van der Waals surface area contributed by atoms with Gasteiger partial charge in [-0.2, -0.15) is 0 Å². The average molecular weight is 298 g/mol. The Labute approximate surface area is 120 Å². The number of nitrogens with zero attached hydrogens (tertiary/aromatic N) is 1. The van der Waals surface area contributed by atoms with E-state index in [0.717, 1.165) is 17.0 Å². The Morgan fingerprint density at radius 1 is 1.38 bits per heavy atom. The molecule has 0 bridgehead atoms. The minimum atomic E-state index is -1.44. The Kier molecular flexibility index (Phi) is 5.65. The first-order valence-electron chi connectivity index (χ1n) is 6.04. The van der Waals surface area contributed by atoms with Crippen LogP contribution in [0, 0.1) is 5.82 Å². The first-order chi connectivity index (χ1) is 9.88. The third-order valence-electron chi connectivity index (χ3n) is 2.66. The van der Waals surface area contributed by atoms with Crippen molar-refractivity contribution in [2.75, 3.05) is 25.5 Å². The molecule has 0 radical (unpaired) electrons. The molecule has 8 heteroatoms. The molecule has 114 valence electrons. The number of amides is 2. The Morgan fingerprint density at radius 2 is 2.05 bits per heavy atom. The van der Waals surface area contributed by atoms with Gasteiger partial charge >= 0.3 is 18.0 Å². The van der Waals surface area contributed by atoms with Gasteiger partial charge in [-0.1, -0.05) is 0 Å². The zero-order valence-corrected chi connectivity index (χ0v) is 11.6. The van der Waals surface area contributed by atoms with Crippen LogP contribution in [0.2, 0.25) is 0 Å². The van der Waals surface area contributed by atoms with E-state index in [1.165, 1.54) is 13.2 Å². The molecule has 0 atom stereocenters. The number of hydrogen-bond acceptors (Lipinski definition) is 4. The standard InChI is InChI=1S/C13H15FN2O5/c1-3-16(7-11(17)21-2)13(20)15-8-4-5-10(14)9(6-8)12(18)19/h4-6H,3,7H2,1-2H3,(H,15,20)(H,18,19). The fourth-order valence-electron chi connectivity index (χ4n) is 1.52. The maximum absolute atomic E-state index is 13.2. The molecule has 0 aliphatic heterocycles. The smallest absolute Gasteiger partial charge is 0.338 e. The lowest BCUT2D eigenvalue weighted by atomic mass is 10.2. The molecule has 2 N–H and O–H groups in total. The molecule has 2 amide bonds. The Hall–Kier alpha value is -2.64. The Balaban J connectivity index is 2.84. The molecule has 0 fully saturated rings. The summed E-state index contributed by atoms with van der Waals surface area (Å²) >= 11 is 0. The third-order valence-corrected chi connectivity index (χ3v) is 2.66. The third kappa shape index (κ3) is 4.44. The van der Waals surface area contributed by atoms with Gasteiger partial charge in [0.15, 0.2) is 0 Å². The topological polar surface area (TPSA) is 95.9 Å². The molecule has 0 heterocycles. The second-order valence-corrected chi connectivity index (χ2v) is 4.02. The van der Waals surface area contributed by atoms with Crippen LogP contribution in [0.4, 0.5) is 14.9 Å². The minimum absolute atomic E-state index is 0.113. The molecular formula is C13H15FN2O5. The molecule has 1 aromatic rings. The molecule has 0 spiro atoms. The zero-order chi connectivity index (χ0) is 16.0. The number of aromatic carboxylic acids is 1. The van der Waals surface area contributed by atoms with Crippen molar-refractivity contribution in [3.05, 3.63) is 29.6 Å². The maximum Gasteiger partial charge on any atom is 0.338 e. The number of likely N-dealkylation sites (N-methyl/N-ethyl adjacent to an activating group) is 1. The minimum Gasteiger partial charge on any atom is -0.478 e. The van der Waals surface area contributed by atoms with Crippen molar-refractivity contribution in [3.63, 3.8) is 0 Å². The molecule has 0 saturated heterocycles. The summed E-state index contributed by atoms with van der Waals surface area (Å²) < 4.78 is 17.7. The lowest BCUT2D eigenvalue weighted by molar-refractivity contribution is -0.141. The first-order valence-corrected chi connectivity index (χ1v) is 6.04. The molecule has 0 unspecified atom stereocenters. The largest absolute Gasteiger partial charge is 0.478 e. The van der Waals surface area contributed by atoms with Crippen molar-refractivity contribution in [2.45, 2.75) is 6.92 Å². The SMILES string of the molecule is CCN(CC(=O)OC)C(=O)Nc1ccc(F)c(C(=O)O)c1. The molecule has 0 aromatic heterocycles. The summed E-state index contributed by atoms with van der Waals surface area (Å²) in [6.45, 7) is 1.66. The van der Waals surface area contributed by atoms with Gasteiger partial charge in [0, 0.05) is 12.2 Å². The summed E-state index contributed by atoms with van der Waals surface area (Å²) in [7, 11) is 1.20. The number of nitrogens with one attached hydrogen (secondary N) is 1. The molecular weight excluding hydrogens is 283 g/mol. The van der Waals surface area contributed by atoms with Gasteiger partial charge < -0.3 is 20.1 Å². The molecule has 0 aliphatic rings. The highest BCUT2D eigenvalue weighted by Crippen LogP contribution is 2.15. The number of hydrogen-bond donors (Lipinski definition) is 2. The van der Waals surface area contributed by atoms with Crippen molar-refractivity contribution < 1.29 is 28.6 Å². The van der Waals surface area contributed by atoms with Crippen LogP contribution in [-0.4, -0.2) is 48.2 Å². The predicted molar refractivity (Wildman–Crippen MR) is 71.6 cm³/mol. The van der Waals surface area contributed by atoms with Gasteiger partial charge in [-0.3, -0.25) is 4.79 Å². The van der Waals surface area contributed by atoms with Crippen molar-refractivity contribution in [1.82, 2.24) is 4.90 Å². The lowest BCUT2D eigenvalue weighted by Gasteiger charge is -2.20. The van der Waals surface area contributed by atoms with Crippen LogP contribution in [0.3, 0.4) is 0 Å². The van der Waals surface area contributed by atoms with Gasteiger partial charge in [-0.15, -0.1) is 0 Å². The van der Waals surface area contributed by atoms with Crippen LogP contribution < -0.4 is 5.32 Å². The average Bonchev–Trinajstić information content (AvgIpc) is 2.45. The number of carboxylic acid groups (broad SMARTS) is 1. The van der Waals surface area contributed by atoms with Crippen molar-refractivity contribution >= 4 is 23.7 Å². The number of carbonyl (C=O) groups is 3. The van der Waals surface area contributed by atoms with Crippen molar-refractivity contribution in [2.24, 2.45) is 0 Å². The Morgan fingerprint density at radius 3 is 2.57 bits per heavy atom. The predicted octanol–water partition coefficient (Wildman–Crippen LogP) is 1.55. The van der Waals surface area contributed by atoms with Gasteiger partial charge in [-0.25, -0.2) is 14.0 Å². The highest BCUT2D eigenvalue weighted by atomic mass is 19.1. The van der Waals surface area contributed by atoms with Crippen molar-refractivity contribution in [1.29, 1.82) is 0 Å². The number of ether oxygens (including phenoxy) is 1. The molecule has 1 aromatic carbocycles. The Bertz CT molecular complexity index is 561. The molecule has 0 aliphatic carbocycles. The van der Waals surface area contributed by atoms with Gasteiger partial charge in [0.05, 0.1) is 12.7 Å². The number of carbonyl (C=O) groups excluding carboxylic acids is 2. The van der Waals surface area contributed by atoms with Crippen LogP contribution in [0.5, 0.6) is 0 Å². The molecule has 7 nitrogen and oxygen atoms in total. The van der Waals surface area contributed by atoms with Crippen LogP contribution in [0.25, 0.3) is 0 Å². The normalized spacial score (nSPS) is 9.86. The van der Waals surface area contributed by atoms with Crippen LogP contribution in [0.1, 0.15) is 17.3 Å². The number of esters is 1. The lowest BCUT2D eigenvalue weighted by Crippen LogP contribution is -2.39. The number of rotatable bonds is 5. The van der Waals surface area contributed by atoms with Crippen LogP contribution in [-0.2, 0) is 9.53 Å². The number of halogens is 1. The van der Waals surface area contributed by atoms with E-state index >= 15 is 0 Å². The van der Waals surface area contributed by atoms with Crippen molar-refractivity contribution in [3.8, 4) is 0 Å². The van der Waals surface area contributed by atoms with Gasteiger partial charge in [0.25, 0.3) is 0 Å². The number of carboxylic acids is 1.